The standard InChI is InChI=1S/C13H24N4O/c1-10(2)17(11(3)4)9-8-14-13(18)12-6-7-15-16(12)5/h6-7,10-11H,8-9H2,1-5H3,(H,14,18). The molecule has 1 aromatic heterocycles. The molecular formula is C13H24N4O. The zero-order valence-corrected chi connectivity index (χ0v) is 12.0. The molecule has 5 nitrogen and oxygen atoms in total. The van der Waals surface area contributed by atoms with Crippen molar-refractivity contribution in [1.29, 1.82) is 0 Å². The summed E-state index contributed by atoms with van der Waals surface area (Å²) in [6, 6.07) is 2.69. The van der Waals surface area contributed by atoms with Crippen molar-refractivity contribution < 1.29 is 4.79 Å². The first-order valence-electron chi connectivity index (χ1n) is 6.45. The molecule has 1 heterocycles. The number of hydrogen-bond acceptors (Lipinski definition) is 3. The Bertz CT molecular complexity index is 376. The molecule has 0 aliphatic carbocycles. The summed E-state index contributed by atoms with van der Waals surface area (Å²) in [5.74, 6) is -0.0672. The van der Waals surface area contributed by atoms with Crippen molar-refractivity contribution in [3.63, 3.8) is 0 Å². The molecule has 0 atom stereocenters. The van der Waals surface area contributed by atoms with E-state index in [1.807, 2.05) is 0 Å². The molecule has 5 heteroatoms. The van der Waals surface area contributed by atoms with E-state index >= 15 is 0 Å². The van der Waals surface area contributed by atoms with E-state index in [0.29, 0.717) is 24.3 Å². The molecule has 0 saturated carbocycles. The van der Waals surface area contributed by atoms with Gasteiger partial charge in [-0.2, -0.15) is 5.10 Å². The van der Waals surface area contributed by atoms with Crippen LogP contribution in [-0.4, -0.2) is 45.8 Å². The van der Waals surface area contributed by atoms with Gasteiger partial charge in [0.2, 0.25) is 0 Å². The van der Waals surface area contributed by atoms with E-state index in [1.54, 1.807) is 24.0 Å². The molecule has 102 valence electrons. The lowest BCUT2D eigenvalue weighted by molar-refractivity contribution is 0.0930. The van der Waals surface area contributed by atoms with Crippen LogP contribution < -0.4 is 5.32 Å². The highest BCUT2D eigenvalue weighted by Gasteiger charge is 2.14. The lowest BCUT2D eigenvalue weighted by Crippen LogP contribution is -2.42. The third-order valence-corrected chi connectivity index (χ3v) is 3.04. The lowest BCUT2D eigenvalue weighted by atomic mass is 10.2. The van der Waals surface area contributed by atoms with Crippen LogP contribution in [0, 0.1) is 0 Å². The predicted molar refractivity (Wildman–Crippen MR) is 72.5 cm³/mol. The number of aromatic nitrogens is 2. The Hall–Kier alpha value is -1.36. The Labute approximate surface area is 109 Å². The number of carbonyl (C=O) groups excluding carboxylic acids is 1. The molecule has 0 unspecified atom stereocenters. The first kappa shape index (κ1) is 14.7. The van der Waals surface area contributed by atoms with E-state index in [9.17, 15) is 4.79 Å². The van der Waals surface area contributed by atoms with Gasteiger partial charge in [0, 0.05) is 38.4 Å². The minimum atomic E-state index is -0.0672. The van der Waals surface area contributed by atoms with Crippen molar-refractivity contribution in [1.82, 2.24) is 20.0 Å². The highest BCUT2D eigenvalue weighted by Crippen LogP contribution is 2.03. The highest BCUT2D eigenvalue weighted by atomic mass is 16.2. The van der Waals surface area contributed by atoms with Crippen molar-refractivity contribution in [2.24, 2.45) is 7.05 Å². The van der Waals surface area contributed by atoms with Crippen molar-refractivity contribution in [3.05, 3.63) is 18.0 Å². The first-order chi connectivity index (χ1) is 8.43. The van der Waals surface area contributed by atoms with Crippen LogP contribution in [0.15, 0.2) is 12.3 Å². The summed E-state index contributed by atoms with van der Waals surface area (Å²) in [6.45, 7) is 10.2. The summed E-state index contributed by atoms with van der Waals surface area (Å²) in [5, 5.41) is 6.91. The first-order valence-corrected chi connectivity index (χ1v) is 6.45. The molecule has 0 saturated heterocycles. The molecule has 0 aliphatic heterocycles. The van der Waals surface area contributed by atoms with Gasteiger partial charge in [0.25, 0.3) is 5.91 Å². The monoisotopic (exact) mass is 252 g/mol. The Morgan fingerprint density at radius 1 is 1.39 bits per heavy atom. The molecule has 0 fully saturated rings. The van der Waals surface area contributed by atoms with Gasteiger partial charge < -0.3 is 5.32 Å². The van der Waals surface area contributed by atoms with Crippen LogP contribution in [0.2, 0.25) is 0 Å². The summed E-state index contributed by atoms with van der Waals surface area (Å²) in [4.78, 5) is 14.2. The molecule has 1 aromatic rings. The van der Waals surface area contributed by atoms with Gasteiger partial charge in [0.05, 0.1) is 0 Å². The fourth-order valence-corrected chi connectivity index (χ4v) is 2.10. The van der Waals surface area contributed by atoms with E-state index < -0.39 is 0 Å². The van der Waals surface area contributed by atoms with Gasteiger partial charge >= 0.3 is 0 Å². The maximum absolute atomic E-state index is 11.9. The molecule has 0 aliphatic rings. The SMILES string of the molecule is CC(C)N(CCNC(=O)c1ccnn1C)C(C)C. The summed E-state index contributed by atoms with van der Waals surface area (Å²) in [6.07, 6.45) is 1.63. The van der Waals surface area contributed by atoms with Crippen molar-refractivity contribution in [2.45, 2.75) is 39.8 Å². The van der Waals surface area contributed by atoms with Crippen LogP contribution in [0.5, 0.6) is 0 Å². The minimum absolute atomic E-state index is 0.0672. The molecule has 1 N–H and O–H groups in total. The van der Waals surface area contributed by atoms with E-state index in [1.165, 1.54) is 0 Å². The molecule has 0 aromatic carbocycles. The maximum Gasteiger partial charge on any atom is 0.269 e. The number of nitrogens with one attached hydrogen (secondary N) is 1. The van der Waals surface area contributed by atoms with Crippen molar-refractivity contribution in [2.75, 3.05) is 13.1 Å². The summed E-state index contributed by atoms with van der Waals surface area (Å²) < 4.78 is 1.58. The average molecular weight is 252 g/mol. The topological polar surface area (TPSA) is 50.2 Å². The zero-order valence-electron chi connectivity index (χ0n) is 12.0. The zero-order chi connectivity index (χ0) is 13.7. The van der Waals surface area contributed by atoms with E-state index in [-0.39, 0.29) is 5.91 Å². The summed E-state index contributed by atoms with van der Waals surface area (Å²) in [7, 11) is 1.77. The van der Waals surface area contributed by atoms with Crippen LogP contribution in [-0.2, 0) is 7.05 Å². The molecular weight excluding hydrogens is 228 g/mol. The second-order valence-electron chi connectivity index (χ2n) is 5.02. The molecule has 18 heavy (non-hydrogen) atoms. The molecule has 1 rings (SSSR count). The van der Waals surface area contributed by atoms with Gasteiger partial charge in [-0.3, -0.25) is 14.4 Å². The van der Waals surface area contributed by atoms with Gasteiger partial charge in [-0.1, -0.05) is 0 Å². The number of hydrogen-bond donors (Lipinski definition) is 1. The third kappa shape index (κ3) is 3.84. The average Bonchev–Trinajstić information content (AvgIpc) is 2.69. The summed E-state index contributed by atoms with van der Waals surface area (Å²) >= 11 is 0. The Morgan fingerprint density at radius 2 is 2.00 bits per heavy atom. The predicted octanol–water partition coefficient (Wildman–Crippen LogP) is 1.27. The maximum atomic E-state index is 11.9. The number of carbonyl (C=O) groups is 1. The van der Waals surface area contributed by atoms with Crippen molar-refractivity contribution >= 4 is 5.91 Å². The second-order valence-corrected chi connectivity index (χ2v) is 5.02. The Kier molecular flexibility index (Phi) is 5.34. The van der Waals surface area contributed by atoms with Crippen LogP contribution in [0.4, 0.5) is 0 Å². The fourth-order valence-electron chi connectivity index (χ4n) is 2.10. The highest BCUT2D eigenvalue weighted by molar-refractivity contribution is 5.92. The van der Waals surface area contributed by atoms with Gasteiger partial charge in [0.1, 0.15) is 5.69 Å². The molecule has 1 amide bonds. The van der Waals surface area contributed by atoms with E-state index in [0.717, 1.165) is 6.54 Å². The van der Waals surface area contributed by atoms with Gasteiger partial charge in [-0.15, -0.1) is 0 Å². The number of aryl methyl sites for hydroxylation is 1. The molecule has 0 spiro atoms. The molecule has 0 bridgehead atoms. The summed E-state index contributed by atoms with van der Waals surface area (Å²) in [5.41, 5.74) is 0.593. The Morgan fingerprint density at radius 3 is 2.44 bits per heavy atom. The van der Waals surface area contributed by atoms with Crippen LogP contribution >= 0.6 is 0 Å². The number of nitrogens with zero attached hydrogens (tertiary/aromatic N) is 3. The number of rotatable bonds is 6. The normalized spacial score (nSPS) is 11.6. The smallest absolute Gasteiger partial charge is 0.269 e. The van der Waals surface area contributed by atoms with Crippen LogP contribution in [0.25, 0.3) is 0 Å². The van der Waals surface area contributed by atoms with Crippen LogP contribution in [0.3, 0.4) is 0 Å². The van der Waals surface area contributed by atoms with Crippen LogP contribution in [0.1, 0.15) is 38.2 Å². The van der Waals surface area contributed by atoms with Gasteiger partial charge in [-0.05, 0) is 33.8 Å². The second kappa shape index (κ2) is 6.54. The number of amides is 1. The minimum Gasteiger partial charge on any atom is -0.349 e. The molecule has 0 radical (unpaired) electrons. The van der Waals surface area contributed by atoms with Gasteiger partial charge in [-0.25, -0.2) is 0 Å². The fraction of sp³-hybridized carbons (Fsp3) is 0.692. The van der Waals surface area contributed by atoms with Crippen molar-refractivity contribution in [3.8, 4) is 0 Å². The quantitative estimate of drug-likeness (QED) is 0.829. The largest absolute Gasteiger partial charge is 0.349 e. The Balaban J connectivity index is 2.42. The van der Waals surface area contributed by atoms with Gasteiger partial charge in [0.15, 0.2) is 0 Å². The van der Waals surface area contributed by atoms with E-state index in [4.69, 9.17) is 0 Å². The third-order valence-electron chi connectivity index (χ3n) is 3.04. The lowest BCUT2D eigenvalue weighted by Gasteiger charge is -2.30. The van der Waals surface area contributed by atoms with E-state index in [2.05, 4.69) is 43.0 Å².